The van der Waals surface area contributed by atoms with Crippen molar-refractivity contribution in [2.24, 2.45) is 11.8 Å². The summed E-state index contributed by atoms with van der Waals surface area (Å²) in [4.78, 5) is 12.6. The summed E-state index contributed by atoms with van der Waals surface area (Å²) in [5.74, 6) is 0.802. The highest BCUT2D eigenvalue weighted by Gasteiger charge is 2.28. The number of hydrogen-bond donors (Lipinski definition) is 0. The average molecular weight is 383 g/mol. The van der Waals surface area contributed by atoms with E-state index < -0.39 is 0 Å². The number of esters is 1. The highest BCUT2D eigenvalue weighted by molar-refractivity contribution is 5.77. The van der Waals surface area contributed by atoms with Crippen LogP contribution in [0.2, 0.25) is 0 Å². The van der Waals surface area contributed by atoms with Crippen molar-refractivity contribution in [3.05, 3.63) is 23.3 Å². The minimum absolute atomic E-state index is 0.0708. The number of benzene rings is 1. The summed E-state index contributed by atoms with van der Waals surface area (Å²) < 4.78 is 11.2. The van der Waals surface area contributed by atoms with Gasteiger partial charge in [0, 0.05) is 0 Å². The maximum absolute atomic E-state index is 12.6. The molecule has 1 aromatic rings. The first-order valence-corrected chi connectivity index (χ1v) is 10.5. The third-order valence-electron chi connectivity index (χ3n) is 5.46. The maximum Gasteiger partial charge on any atom is 0.314 e. The van der Waals surface area contributed by atoms with Crippen LogP contribution in [0.1, 0.15) is 82.8 Å². The second-order valence-corrected chi connectivity index (χ2v) is 7.52. The summed E-state index contributed by atoms with van der Waals surface area (Å²) in [5.41, 5.74) is 0.202. The molecular weight excluding hydrogens is 352 g/mol. The Balaban J connectivity index is 2.04. The molecule has 1 aromatic carbocycles. The van der Waals surface area contributed by atoms with E-state index in [0.29, 0.717) is 18.3 Å². The van der Waals surface area contributed by atoms with E-state index in [0.717, 1.165) is 38.5 Å². The molecule has 0 atom stereocenters. The van der Waals surface area contributed by atoms with Crippen molar-refractivity contribution in [3.63, 3.8) is 0 Å². The number of hydrogen-bond acceptors (Lipinski definition) is 5. The van der Waals surface area contributed by atoms with Gasteiger partial charge >= 0.3 is 5.97 Å². The van der Waals surface area contributed by atoms with E-state index in [-0.39, 0.29) is 28.8 Å². The van der Waals surface area contributed by atoms with Crippen molar-refractivity contribution in [2.75, 3.05) is 6.61 Å². The first-order valence-electron chi connectivity index (χ1n) is 10.5. The third kappa shape index (κ3) is 5.73. The zero-order valence-corrected chi connectivity index (χ0v) is 17.0. The predicted molar refractivity (Wildman–Crippen MR) is 107 cm³/mol. The average Bonchev–Trinajstić information content (AvgIpc) is 2.73. The Hall–Kier alpha value is -2.53. The van der Waals surface area contributed by atoms with Gasteiger partial charge in [-0.2, -0.15) is 10.5 Å². The van der Waals surface area contributed by atoms with E-state index in [2.05, 4.69) is 13.8 Å². The van der Waals surface area contributed by atoms with E-state index >= 15 is 0 Å². The van der Waals surface area contributed by atoms with Crippen LogP contribution in [0.4, 0.5) is 0 Å². The van der Waals surface area contributed by atoms with Gasteiger partial charge in [-0.25, -0.2) is 0 Å². The molecule has 5 heteroatoms. The second-order valence-electron chi connectivity index (χ2n) is 7.52. The number of carbonyl (C=O) groups excluding carboxylic acids is 1. The first kappa shape index (κ1) is 21.8. The van der Waals surface area contributed by atoms with E-state index in [9.17, 15) is 15.3 Å². The number of carbonyl (C=O) groups is 1. The van der Waals surface area contributed by atoms with Crippen molar-refractivity contribution in [3.8, 4) is 23.6 Å². The lowest BCUT2D eigenvalue weighted by molar-refractivity contribution is -0.140. The molecule has 5 nitrogen and oxygen atoms in total. The predicted octanol–water partition coefficient (Wildman–Crippen LogP) is 5.51. The van der Waals surface area contributed by atoms with Gasteiger partial charge in [-0.15, -0.1) is 0 Å². The minimum atomic E-state index is -0.297. The van der Waals surface area contributed by atoms with E-state index in [4.69, 9.17) is 9.47 Å². The molecule has 0 aliphatic heterocycles. The summed E-state index contributed by atoms with van der Waals surface area (Å²) in [6.45, 7) is 4.73. The van der Waals surface area contributed by atoms with Crippen molar-refractivity contribution in [2.45, 2.75) is 71.6 Å². The number of nitriles is 2. The molecular formula is C23H30N2O3. The Morgan fingerprint density at radius 1 is 1.00 bits per heavy atom. The molecule has 1 saturated carbocycles. The Labute approximate surface area is 168 Å². The fraction of sp³-hybridized carbons (Fsp3) is 0.609. The summed E-state index contributed by atoms with van der Waals surface area (Å²) in [7, 11) is 0. The molecule has 150 valence electrons. The van der Waals surface area contributed by atoms with Gasteiger partial charge in [0.05, 0.1) is 12.5 Å². The number of unbranched alkanes of at least 4 members (excludes halogenated alkanes) is 2. The van der Waals surface area contributed by atoms with Gasteiger partial charge in [0.15, 0.2) is 0 Å². The molecule has 0 amide bonds. The Bertz CT molecular complexity index is 737. The van der Waals surface area contributed by atoms with E-state index in [1.54, 1.807) is 12.1 Å². The zero-order valence-electron chi connectivity index (χ0n) is 17.0. The molecule has 0 aromatic heterocycles. The first-order chi connectivity index (χ1) is 13.6. The smallest absolute Gasteiger partial charge is 0.314 e. The van der Waals surface area contributed by atoms with Gasteiger partial charge in [0.25, 0.3) is 0 Å². The second kappa shape index (κ2) is 11.3. The van der Waals surface area contributed by atoms with Gasteiger partial charge < -0.3 is 9.47 Å². The Morgan fingerprint density at radius 2 is 1.61 bits per heavy atom. The standard InChI is InChI=1S/C23H30N2O3/c1-3-5-7-17-8-10-18(11-9-17)23(26)28-22-13-12-21(27-14-6-4-2)19(15-24)20(22)16-25/h12-13,17-18H,3-11,14H2,1-2H3. The van der Waals surface area contributed by atoms with Crippen molar-refractivity contribution in [1.82, 2.24) is 0 Å². The lowest BCUT2D eigenvalue weighted by Crippen LogP contribution is -2.26. The van der Waals surface area contributed by atoms with Crippen LogP contribution in [-0.4, -0.2) is 12.6 Å². The Morgan fingerprint density at radius 3 is 2.21 bits per heavy atom. The molecule has 0 radical (unpaired) electrons. The number of ether oxygens (including phenoxy) is 2. The molecule has 0 heterocycles. The molecule has 1 fully saturated rings. The van der Waals surface area contributed by atoms with Gasteiger partial charge in [0.2, 0.25) is 0 Å². The largest absolute Gasteiger partial charge is 0.492 e. The van der Waals surface area contributed by atoms with Crippen LogP contribution in [0.3, 0.4) is 0 Å². The fourth-order valence-corrected chi connectivity index (χ4v) is 3.69. The molecule has 1 aliphatic rings. The SMILES string of the molecule is CCCCOc1ccc(OC(=O)C2CCC(CCCC)CC2)c(C#N)c1C#N. The summed E-state index contributed by atoms with van der Waals surface area (Å²) >= 11 is 0. The fourth-order valence-electron chi connectivity index (χ4n) is 3.69. The lowest BCUT2D eigenvalue weighted by atomic mass is 9.80. The van der Waals surface area contributed by atoms with Crippen LogP contribution in [0, 0.1) is 34.5 Å². The van der Waals surface area contributed by atoms with Crippen LogP contribution in [-0.2, 0) is 4.79 Å². The van der Waals surface area contributed by atoms with Crippen molar-refractivity contribution < 1.29 is 14.3 Å². The van der Waals surface area contributed by atoms with Gasteiger partial charge in [-0.3, -0.25) is 4.79 Å². The monoisotopic (exact) mass is 382 g/mol. The van der Waals surface area contributed by atoms with Crippen LogP contribution in [0.25, 0.3) is 0 Å². The molecule has 0 spiro atoms. The molecule has 1 aliphatic carbocycles. The maximum atomic E-state index is 12.6. The molecule has 0 bridgehead atoms. The van der Waals surface area contributed by atoms with Gasteiger partial charge in [-0.1, -0.05) is 39.5 Å². The minimum Gasteiger partial charge on any atom is -0.492 e. The lowest BCUT2D eigenvalue weighted by Gasteiger charge is -2.27. The van der Waals surface area contributed by atoms with Gasteiger partial charge in [-0.05, 0) is 50.2 Å². The number of nitrogens with zero attached hydrogens (tertiary/aromatic N) is 2. The van der Waals surface area contributed by atoms with E-state index in [1.165, 1.54) is 19.3 Å². The zero-order chi connectivity index (χ0) is 20.4. The topological polar surface area (TPSA) is 83.1 Å². The van der Waals surface area contributed by atoms with E-state index in [1.807, 2.05) is 12.1 Å². The number of rotatable bonds is 9. The normalized spacial score (nSPS) is 18.7. The summed E-state index contributed by atoms with van der Waals surface area (Å²) in [6, 6.07) is 7.20. The molecule has 28 heavy (non-hydrogen) atoms. The summed E-state index contributed by atoms with van der Waals surface area (Å²) in [6.07, 6.45) is 9.30. The summed E-state index contributed by atoms with van der Waals surface area (Å²) in [5, 5.41) is 19.0. The van der Waals surface area contributed by atoms with Crippen LogP contribution in [0.15, 0.2) is 12.1 Å². The quantitative estimate of drug-likeness (QED) is 0.319. The Kier molecular flexibility index (Phi) is 8.82. The third-order valence-corrected chi connectivity index (χ3v) is 5.46. The van der Waals surface area contributed by atoms with Crippen molar-refractivity contribution in [1.29, 1.82) is 10.5 Å². The van der Waals surface area contributed by atoms with Crippen LogP contribution >= 0.6 is 0 Å². The van der Waals surface area contributed by atoms with Crippen LogP contribution < -0.4 is 9.47 Å². The van der Waals surface area contributed by atoms with Gasteiger partial charge in [0.1, 0.15) is 34.8 Å². The molecule has 0 saturated heterocycles. The molecule has 0 N–H and O–H groups in total. The molecule has 2 rings (SSSR count). The molecule has 0 unspecified atom stereocenters. The highest BCUT2D eigenvalue weighted by atomic mass is 16.5. The van der Waals surface area contributed by atoms with Crippen LogP contribution in [0.5, 0.6) is 11.5 Å². The highest BCUT2D eigenvalue weighted by Crippen LogP contribution is 2.34. The van der Waals surface area contributed by atoms with Crippen molar-refractivity contribution >= 4 is 5.97 Å².